The molecule has 1 N–H and O–H groups in total. The summed E-state index contributed by atoms with van der Waals surface area (Å²) < 4.78 is 13.3. The van der Waals surface area contributed by atoms with Crippen molar-refractivity contribution in [1.82, 2.24) is 0 Å². The first-order valence-corrected chi connectivity index (χ1v) is 8.29. The lowest BCUT2D eigenvalue weighted by molar-refractivity contribution is -0.120. The van der Waals surface area contributed by atoms with Gasteiger partial charge in [-0.25, -0.2) is 4.39 Å². The quantitative estimate of drug-likeness (QED) is 0.845. The van der Waals surface area contributed by atoms with Gasteiger partial charge in [0.1, 0.15) is 12.4 Å². The van der Waals surface area contributed by atoms with Crippen molar-refractivity contribution in [3.8, 4) is 0 Å². The minimum absolute atomic E-state index is 0.102. The summed E-state index contributed by atoms with van der Waals surface area (Å²) in [4.78, 5) is 25.6. The lowest BCUT2D eigenvalue weighted by atomic mass is 10.0. The highest BCUT2D eigenvalue weighted by atomic mass is 35.5. The Balaban J connectivity index is 2.19. The molecule has 132 valence electrons. The first-order chi connectivity index (χ1) is 11.8. The standard InChI is InChI=1S/C19H20ClFN2O2/c1-12(2)15-6-4-5-7-18(15)22-19(25)11-23(13(3)24)14-8-9-17(21)16(20)10-14/h4-10,12H,11H2,1-3H3,(H,22,25). The number of nitrogens with zero attached hydrogens (tertiary/aromatic N) is 1. The number of carbonyl (C=O) groups excluding carboxylic acids is 2. The Hall–Kier alpha value is -2.40. The molecular weight excluding hydrogens is 343 g/mol. The summed E-state index contributed by atoms with van der Waals surface area (Å²) in [5.74, 6) is -1.01. The minimum atomic E-state index is -0.579. The molecule has 0 saturated heterocycles. The van der Waals surface area contributed by atoms with Crippen molar-refractivity contribution in [3.63, 3.8) is 0 Å². The van der Waals surface area contributed by atoms with Gasteiger partial charge >= 0.3 is 0 Å². The molecule has 25 heavy (non-hydrogen) atoms. The molecule has 2 aromatic rings. The monoisotopic (exact) mass is 362 g/mol. The Bertz CT molecular complexity index is 793. The highest BCUT2D eigenvalue weighted by Crippen LogP contribution is 2.25. The fourth-order valence-corrected chi connectivity index (χ4v) is 2.66. The zero-order chi connectivity index (χ0) is 18.6. The van der Waals surface area contributed by atoms with E-state index in [0.29, 0.717) is 11.4 Å². The van der Waals surface area contributed by atoms with Crippen LogP contribution in [0.1, 0.15) is 32.3 Å². The molecule has 4 nitrogen and oxygen atoms in total. The van der Waals surface area contributed by atoms with Gasteiger partial charge in [-0.05, 0) is 35.7 Å². The van der Waals surface area contributed by atoms with Crippen LogP contribution in [0.25, 0.3) is 0 Å². The molecule has 0 saturated carbocycles. The lowest BCUT2D eigenvalue weighted by Crippen LogP contribution is -2.36. The van der Waals surface area contributed by atoms with Gasteiger partial charge in [-0.15, -0.1) is 0 Å². The molecule has 0 heterocycles. The molecule has 0 aliphatic carbocycles. The Morgan fingerprint density at radius 1 is 1.20 bits per heavy atom. The van der Waals surface area contributed by atoms with Gasteiger partial charge in [0.05, 0.1) is 5.02 Å². The number of carbonyl (C=O) groups is 2. The molecule has 0 fully saturated rings. The highest BCUT2D eigenvalue weighted by Gasteiger charge is 2.18. The molecule has 6 heteroatoms. The van der Waals surface area contributed by atoms with E-state index in [-0.39, 0.29) is 29.3 Å². The van der Waals surface area contributed by atoms with Crippen molar-refractivity contribution < 1.29 is 14.0 Å². The fraction of sp³-hybridized carbons (Fsp3) is 0.263. The summed E-state index contributed by atoms with van der Waals surface area (Å²) in [6, 6.07) is 11.4. The van der Waals surface area contributed by atoms with E-state index in [4.69, 9.17) is 11.6 Å². The van der Waals surface area contributed by atoms with E-state index in [0.717, 1.165) is 5.56 Å². The predicted molar refractivity (Wildman–Crippen MR) is 98.6 cm³/mol. The number of rotatable bonds is 5. The van der Waals surface area contributed by atoms with Crippen LogP contribution < -0.4 is 10.2 Å². The number of halogens is 2. The van der Waals surface area contributed by atoms with Crippen LogP contribution in [0.2, 0.25) is 5.02 Å². The van der Waals surface area contributed by atoms with E-state index < -0.39 is 5.82 Å². The van der Waals surface area contributed by atoms with Gasteiger partial charge in [-0.1, -0.05) is 43.6 Å². The zero-order valence-electron chi connectivity index (χ0n) is 14.3. The number of amides is 2. The maximum Gasteiger partial charge on any atom is 0.244 e. The summed E-state index contributed by atoms with van der Waals surface area (Å²) >= 11 is 5.77. The van der Waals surface area contributed by atoms with Crippen molar-refractivity contribution in [3.05, 3.63) is 58.9 Å². The minimum Gasteiger partial charge on any atom is -0.324 e. The second kappa shape index (κ2) is 8.12. The van der Waals surface area contributed by atoms with Crippen molar-refractivity contribution >= 4 is 34.8 Å². The topological polar surface area (TPSA) is 49.4 Å². The van der Waals surface area contributed by atoms with E-state index in [9.17, 15) is 14.0 Å². The van der Waals surface area contributed by atoms with Gasteiger partial charge in [-0.2, -0.15) is 0 Å². The van der Waals surface area contributed by atoms with Crippen LogP contribution in [0, 0.1) is 5.82 Å². The molecule has 0 aromatic heterocycles. The number of benzene rings is 2. The van der Waals surface area contributed by atoms with Crippen LogP contribution in [0.4, 0.5) is 15.8 Å². The number of para-hydroxylation sites is 1. The van der Waals surface area contributed by atoms with Gasteiger partial charge < -0.3 is 10.2 Å². The second-order valence-corrected chi connectivity index (χ2v) is 6.40. The third kappa shape index (κ3) is 4.79. The van der Waals surface area contributed by atoms with Crippen LogP contribution in [0.3, 0.4) is 0 Å². The zero-order valence-corrected chi connectivity index (χ0v) is 15.1. The average molecular weight is 363 g/mol. The fourth-order valence-electron chi connectivity index (χ4n) is 2.48. The smallest absolute Gasteiger partial charge is 0.244 e. The van der Waals surface area contributed by atoms with Crippen LogP contribution in [0.15, 0.2) is 42.5 Å². The van der Waals surface area contributed by atoms with E-state index in [1.807, 2.05) is 38.1 Å². The number of anilines is 2. The first kappa shape index (κ1) is 18.9. The maximum atomic E-state index is 13.3. The molecule has 0 unspecified atom stereocenters. The molecule has 0 spiro atoms. The molecule has 0 aliphatic rings. The summed E-state index contributed by atoms with van der Waals surface area (Å²) in [6.45, 7) is 5.22. The number of hydrogen-bond acceptors (Lipinski definition) is 2. The largest absolute Gasteiger partial charge is 0.324 e. The van der Waals surface area contributed by atoms with Gasteiger partial charge in [0, 0.05) is 18.3 Å². The van der Waals surface area contributed by atoms with E-state index in [1.54, 1.807) is 0 Å². The second-order valence-electron chi connectivity index (χ2n) is 5.99. The third-order valence-corrected chi connectivity index (χ3v) is 4.04. The van der Waals surface area contributed by atoms with E-state index in [2.05, 4.69) is 5.32 Å². The molecular formula is C19H20ClFN2O2. The van der Waals surface area contributed by atoms with E-state index in [1.165, 1.54) is 30.0 Å². The number of hydrogen-bond donors (Lipinski definition) is 1. The van der Waals surface area contributed by atoms with Crippen LogP contribution in [-0.4, -0.2) is 18.4 Å². The van der Waals surface area contributed by atoms with Crippen LogP contribution in [0.5, 0.6) is 0 Å². The number of nitrogens with one attached hydrogen (secondary N) is 1. The van der Waals surface area contributed by atoms with Gasteiger partial charge in [-0.3, -0.25) is 9.59 Å². The molecule has 0 radical (unpaired) electrons. The summed E-state index contributed by atoms with van der Waals surface area (Å²) in [6.07, 6.45) is 0. The van der Waals surface area contributed by atoms with Gasteiger partial charge in [0.15, 0.2) is 0 Å². The summed E-state index contributed by atoms with van der Waals surface area (Å²) in [5, 5.41) is 2.73. The summed E-state index contributed by atoms with van der Waals surface area (Å²) in [7, 11) is 0. The van der Waals surface area contributed by atoms with Crippen molar-refractivity contribution in [1.29, 1.82) is 0 Å². The Labute approximate surface area is 151 Å². The van der Waals surface area contributed by atoms with Gasteiger partial charge in [0.25, 0.3) is 0 Å². The predicted octanol–water partition coefficient (Wildman–Crippen LogP) is 4.59. The average Bonchev–Trinajstić information content (AvgIpc) is 2.55. The maximum absolute atomic E-state index is 13.3. The van der Waals surface area contributed by atoms with Crippen LogP contribution >= 0.6 is 11.6 Å². The normalized spacial score (nSPS) is 10.6. The summed E-state index contributed by atoms with van der Waals surface area (Å²) in [5.41, 5.74) is 2.09. The van der Waals surface area contributed by atoms with Gasteiger partial charge in [0.2, 0.25) is 11.8 Å². The van der Waals surface area contributed by atoms with Crippen molar-refractivity contribution in [2.75, 3.05) is 16.8 Å². The highest BCUT2D eigenvalue weighted by molar-refractivity contribution is 6.31. The Kier molecular flexibility index (Phi) is 6.15. The molecule has 2 amide bonds. The third-order valence-electron chi connectivity index (χ3n) is 3.75. The van der Waals surface area contributed by atoms with E-state index >= 15 is 0 Å². The van der Waals surface area contributed by atoms with Crippen molar-refractivity contribution in [2.24, 2.45) is 0 Å². The van der Waals surface area contributed by atoms with Crippen molar-refractivity contribution in [2.45, 2.75) is 26.7 Å². The molecule has 0 bridgehead atoms. The molecule has 2 rings (SSSR count). The molecule has 0 atom stereocenters. The molecule has 2 aromatic carbocycles. The SMILES string of the molecule is CC(=O)N(CC(=O)Nc1ccccc1C(C)C)c1ccc(F)c(Cl)c1. The van der Waals surface area contributed by atoms with Crippen LogP contribution in [-0.2, 0) is 9.59 Å². The Morgan fingerprint density at radius 3 is 2.48 bits per heavy atom. The molecule has 0 aliphatic heterocycles. The lowest BCUT2D eigenvalue weighted by Gasteiger charge is -2.22. The first-order valence-electron chi connectivity index (χ1n) is 7.91. The Morgan fingerprint density at radius 2 is 1.88 bits per heavy atom.